The predicted octanol–water partition coefficient (Wildman–Crippen LogP) is 8.25. The van der Waals surface area contributed by atoms with Crippen molar-refractivity contribution in [1.82, 2.24) is 9.97 Å². The Morgan fingerprint density at radius 2 is 0.643 bits per heavy atom. The molecule has 2 N–H and O–H groups in total. The lowest BCUT2D eigenvalue weighted by molar-refractivity contribution is 1.41. The largest absolute Gasteiger partial charge is 0.351 e. The minimum atomic E-state index is -0.238. The Bertz CT molecular complexity index is 2100. The third-order valence-corrected chi connectivity index (χ3v) is 6.71. The van der Waals surface area contributed by atoms with E-state index in [9.17, 15) is 19.2 Å². The first-order valence-corrected chi connectivity index (χ1v) is 14.8. The molecule has 0 aliphatic carbocycles. The van der Waals surface area contributed by atoms with Crippen LogP contribution in [-0.2, 0) is 0 Å². The summed E-state index contributed by atoms with van der Waals surface area (Å²) in [6.45, 7) is 16.0. The average molecular weight is 563 g/mol. The fourth-order valence-electron chi connectivity index (χ4n) is 5.11. The van der Waals surface area contributed by atoms with Crippen LogP contribution in [0.2, 0.25) is 0 Å². The maximum absolute atomic E-state index is 13.4. The van der Waals surface area contributed by atoms with Crippen molar-refractivity contribution >= 4 is 65.2 Å². The molecule has 0 bridgehead atoms. The number of aromatic nitrogens is 2. The molecule has 7 aromatic rings. The summed E-state index contributed by atoms with van der Waals surface area (Å²) in [5.74, 6) is 0. The van der Waals surface area contributed by atoms with Gasteiger partial charge in [-0.25, -0.2) is 0 Å². The van der Waals surface area contributed by atoms with Gasteiger partial charge in [-0.2, -0.15) is 0 Å². The average Bonchev–Trinajstić information content (AvgIpc) is 3.08. The topological polar surface area (TPSA) is 99.9 Å². The van der Waals surface area contributed by atoms with Crippen molar-refractivity contribution in [2.24, 2.45) is 0 Å². The first-order valence-electron chi connectivity index (χ1n) is 14.8. The van der Waals surface area contributed by atoms with Gasteiger partial charge in [-0.05, 0) is 24.3 Å². The molecule has 1 aromatic heterocycles. The van der Waals surface area contributed by atoms with Crippen molar-refractivity contribution in [1.29, 1.82) is 0 Å². The van der Waals surface area contributed by atoms with E-state index >= 15 is 0 Å². The maximum Gasteiger partial charge on any atom is 0.196 e. The van der Waals surface area contributed by atoms with Crippen LogP contribution in [-0.4, -0.2) is 9.97 Å². The summed E-state index contributed by atoms with van der Waals surface area (Å²) in [6, 6.07) is 20.3. The molecule has 216 valence electrons. The zero-order valence-corrected chi connectivity index (χ0v) is 25.6. The monoisotopic (exact) mass is 562 g/mol. The van der Waals surface area contributed by atoms with Crippen LogP contribution in [0.4, 0.5) is 0 Å². The number of H-pyrrole nitrogens is 2. The van der Waals surface area contributed by atoms with E-state index in [1.807, 2.05) is 55.4 Å². The van der Waals surface area contributed by atoms with E-state index in [1.165, 1.54) is 0 Å². The minimum absolute atomic E-state index is 0.205. The van der Waals surface area contributed by atoms with Crippen molar-refractivity contribution < 1.29 is 0 Å². The molecule has 42 heavy (non-hydrogen) atoms. The highest BCUT2D eigenvalue weighted by atomic mass is 16.1. The van der Waals surface area contributed by atoms with Gasteiger partial charge in [-0.15, -0.1) is 0 Å². The number of aromatic amines is 2. The smallest absolute Gasteiger partial charge is 0.196 e. The highest BCUT2D eigenvalue weighted by Crippen LogP contribution is 2.26. The molecule has 6 nitrogen and oxygen atoms in total. The molecule has 6 aromatic carbocycles. The number of nitrogens with one attached hydrogen (secondary N) is 2. The predicted molar refractivity (Wildman–Crippen MR) is 182 cm³/mol. The first-order chi connectivity index (χ1) is 20.5. The molecule has 0 saturated carbocycles. The van der Waals surface area contributed by atoms with Gasteiger partial charge in [0.15, 0.2) is 21.7 Å². The Morgan fingerprint density at radius 1 is 0.357 bits per heavy atom. The van der Waals surface area contributed by atoms with Crippen molar-refractivity contribution in [2.75, 3.05) is 0 Å². The van der Waals surface area contributed by atoms with E-state index in [4.69, 9.17) is 0 Å². The number of hydrogen-bond acceptors (Lipinski definition) is 4. The van der Waals surface area contributed by atoms with Crippen LogP contribution >= 0.6 is 0 Å². The number of benzene rings is 6. The Morgan fingerprint density at radius 3 is 0.952 bits per heavy atom. The molecule has 0 aliphatic heterocycles. The summed E-state index contributed by atoms with van der Waals surface area (Å²) in [5.41, 5.74) is 1.18. The van der Waals surface area contributed by atoms with E-state index in [-0.39, 0.29) is 21.7 Å². The molecule has 0 amide bonds. The second-order valence-corrected chi connectivity index (χ2v) is 8.48. The highest BCUT2D eigenvalue weighted by molar-refractivity contribution is 6.14. The quantitative estimate of drug-likeness (QED) is 0.144. The molecule has 0 saturated heterocycles. The Labute approximate surface area is 244 Å². The third-order valence-electron chi connectivity index (χ3n) is 6.71. The van der Waals surface area contributed by atoms with Crippen LogP contribution in [0.25, 0.3) is 65.2 Å². The lowest BCUT2D eigenvalue weighted by Crippen LogP contribution is -2.14. The van der Waals surface area contributed by atoms with Gasteiger partial charge in [0.2, 0.25) is 0 Å². The molecule has 6 heteroatoms. The summed E-state index contributed by atoms with van der Waals surface area (Å²) >= 11 is 0. The lowest BCUT2D eigenvalue weighted by atomic mass is 9.99. The Kier molecular flexibility index (Phi) is 10.3. The minimum Gasteiger partial charge on any atom is -0.351 e. The van der Waals surface area contributed by atoms with E-state index in [0.717, 1.165) is 0 Å². The Hall–Kier alpha value is -4.84. The molecular weight excluding hydrogens is 524 g/mol. The lowest BCUT2D eigenvalue weighted by Gasteiger charge is -2.10. The van der Waals surface area contributed by atoms with Crippen LogP contribution in [0.3, 0.4) is 0 Å². The third kappa shape index (κ3) is 4.94. The molecule has 7 rings (SSSR count). The van der Waals surface area contributed by atoms with Crippen molar-refractivity contribution in [3.8, 4) is 0 Å². The Balaban J connectivity index is 0.000000561. The summed E-state index contributed by atoms with van der Waals surface area (Å²) < 4.78 is 0. The second kappa shape index (κ2) is 13.7. The van der Waals surface area contributed by atoms with E-state index < -0.39 is 0 Å². The molecule has 0 atom stereocenters. The van der Waals surface area contributed by atoms with Crippen molar-refractivity contribution in [2.45, 2.75) is 55.4 Å². The van der Waals surface area contributed by atoms with Gasteiger partial charge in [-0.3, -0.25) is 19.2 Å². The van der Waals surface area contributed by atoms with Gasteiger partial charge >= 0.3 is 0 Å². The molecule has 1 heterocycles. The number of rotatable bonds is 0. The summed E-state index contributed by atoms with van der Waals surface area (Å²) in [4.78, 5) is 59.5. The molecule has 0 radical (unpaired) electrons. The van der Waals surface area contributed by atoms with Crippen LogP contribution in [0, 0.1) is 0 Å². The van der Waals surface area contributed by atoms with Crippen LogP contribution in [0.1, 0.15) is 55.4 Å². The fourth-order valence-corrected chi connectivity index (χ4v) is 5.11. The number of fused-ring (bicyclic) bond motifs is 8. The van der Waals surface area contributed by atoms with E-state index in [2.05, 4.69) is 9.97 Å². The van der Waals surface area contributed by atoms with Gasteiger partial charge in [-0.1, -0.05) is 104 Å². The molecular formula is C36H38N2O4. The molecule has 0 fully saturated rings. The summed E-state index contributed by atoms with van der Waals surface area (Å²) in [5, 5.41) is 2.76. The van der Waals surface area contributed by atoms with Gasteiger partial charge in [0.25, 0.3) is 0 Å². The van der Waals surface area contributed by atoms with Gasteiger partial charge in [0.05, 0.1) is 32.8 Å². The normalized spacial score (nSPS) is 10.3. The van der Waals surface area contributed by atoms with E-state index in [1.54, 1.807) is 72.8 Å². The SMILES string of the molecule is CC.CC.CC.CC.O=c1c2ccccc2c(=O)c2c1ccc1[nH]c3c(ccc4c(=O)c5ccccc5c(=O)c43)[nH]c12. The van der Waals surface area contributed by atoms with Crippen molar-refractivity contribution in [3.05, 3.63) is 114 Å². The fraction of sp³-hybridized carbons (Fsp3) is 0.222. The summed E-state index contributed by atoms with van der Waals surface area (Å²) in [6.07, 6.45) is 0. The molecule has 0 spiro atoms. The second-order valence-electron chi connectivity index (χ2n) is 8.48. The number of hydrogen-bond donors (Lipinski definition) is 2. The first kappa shape index (κ1) is 31.7. The van der Waals surface area contributed by atoms with Gasteiger partial charge < -0.3 is 9.97 Å². The van der Waals surface area contributed by atoms with Crippen LogP contribution < -0.4 is 21.7 Å². The van der Waals surface area contributed by atoms with E-state index in [0.29, 0.717) is 65.2 Å². The summed E-state index contributed by atoms with van der Waals surface area (Å²) in [7, 11) is 0. The van der Waals surface area contributed by atoms with Gasteiger partial charge in [0, 0.05) is 32.3 Å². The van der Waals surface area contributed by atoms with Crippen LogP contribution in [0.5, 0.6) is 0 Å². The van der Waals surface area contributed by atoms with Crippen LogP contribution in [0.15, 0.2) is 92.0 Å². The standard InChI is InChI=1S/C28H14N2O4.4C2H6/c31-25-13-5-1-3-7-15(13)27(33)21-17(25)9-11-19-23(21)29-20-12-10-18-22(24(20)30-19)28(34)16-8-4-2-6-14(16)26(18)32;4*1-2/h1-12,29-30H;4*1-2H3. The molecule has 0 aliphatic rings. The maximum atomic E-state index is 13.4. The molecule has 0 unspecified atom stereocenters. The zero-order valence-electron chi connectivity index (χ0n) is 25.6. The highest BCUT2D eigenvalue weighted by Gasteiger charge is 2.17. The van der Waals surface area contributed by atoms with Gasteiger partial charge in [0.1, 0.15) is 0 Å². The van der Waals surface area contributed by atoms with Crippen molar-refractivity contribution in [3.63, 3.8) is 0 Å². The zero-order chi connectivity index (χ0) is 31.1.